The zero-order valence-electron chi connectivity index (χ0n) is 18.4. The van der Waals surface area contributed by atoms with Gasteiger partial charge < -0.3 is 10.4 Å². The number of aromatic nitrogens is 1. The average Bonchev–Trinajstić information content (AvgIpc) is 3.15. The molecular weight excluding hydrogens is 432 g/mol. The number of aromatic hydroxyl groups is 1. The van der Waals surface area contributed by atoms with Gasteiger partial charge in [-0.3, -0.25) is 14.6 Å². The first-order chi connectivity index (χ1) is 16.0. The van der Waals surface area contributed by atoms with E-state index in [-0.39, 0.29) is 22.6 Å². The van der Waals surface area contributed by atoms with Crippen LogP contribution in [0.15, 0.2) is 83.7 Å². The van der Waals surface area contributed by atoms with E-state index in [1.807, 2.05) is 60.7 Å². The van der Waals surface area contributed by atoms with Crippen LogP contribution in [0.3, 0.4) is 0 Å². The maximum atomic E-state index is 12.4. The monoisotopic (exact) mass is 458 g/mol. The Kier molecular flexibility index (Phi) is 7.05. The third kappa shape index (κ3) is 5.99. The molecule has 33 heavy (non-hydrogen) atoms. The van der Waals surface area contributed by atoms with Crippen LogP contribution < -0.4 is 10.2 Å². The number of nitrogens with one attached hydrogen (secondary N) is 2. The first kappa shape index (κ1) is 22.6. The van der Waals surface area contributed by atoms with Gasteiger partial charge in [-0.15, -0.1) is 0 Å². The standard InChI is InChI=1S/C27H26N2O3S/c1-18(21-7-3-2-4-8-21)14-25(30)28-17-20-6-5-9-23(15-20)22-12-10-19(11-13-22)16-24-26(31)29-27(32)33-24/h2-13,15,18,31H,14,16-17H2,1H3,(H,28,30)(H,29,32). The Hall–Kier alpha value is -3.64. The van der Waals surface area contributed by atoms with Crippen LogP contribution in [0.25, 0.3) is 11.1 Å². The molecule has 1 heterocycles. The minimum absolute atomic E-state index is 0.0384. The fraction of sp³-hybridized carbons (Fsp3) is 0.185. The van der Waals surface area contributed by atoms with Gasteiger partial charge in [0, 0.05) is 19.4 Å². The predicted molar refractivity (Wildman–Crippen MR) is 133 cm³/mol. The molecule has 0 aliphatic carbocycles. The van der Waals surface area contributed by atoms with Crippen molar-refractivity contribution in [2.24, 2.45) is 0 Å². The van der Waals surface area contributed by atoms with Gasteiger partial charge in [-0.05, 0) is 39.8 Å². The van der Waals surface area contributed by atoms with Crippen molar-refractivity contribution in [2.45, 2.75) is 32.2 Å². The number of hydrogen-bond donors (Lipinski definition) is 3. The number of thiazole rings is 1. The summed E-state index contributed by atoms with van der Waals surface area (Å²) in [5, 5.41) is 12.8. The second kappa shape index (κ2) is 10.3. The number of carbonyl (C=O) groups is 1. The van der Waals surface area contributed by atoms with Crippen LogP contribution in [0.4, 0.5) is 0 Å². The van der Waals surface area contributed by atoms with Crippen molar-refractivity contribution in [1.82, 2.24) is 10.3 Å². The Labute approximate surface area is 196 Å². The summed E-state index contributed by atoms with van der Waals surface area (Å²) in [7, 11) is 0. The molecule has 168 valence electrons. The highest BCUT2D eigenvalue weighted by atomic mass is 32.1. The van der Waals surface area contributed by atoms with Gasteiger partial charge in [0.15, 0.2) is 0 Å². The quantitative estimate of drug-likeness (QED) is 0.339. The van der Waals surface area contributed by atoms with Gasteiger partial charge in [-0.1, -0.05) is 91.1 Å². The number of amides is 1. The zero-order valence-corrected chi connectivity index (χ0v) is 19.2. The Morgan fingerprint density at radius 3 is 2.42 bits per heavy atom. The van der Waals surface area contributed by atoms with Gasteiger partial charge in [0.1, 0.15) is 0 Å². The van der Waals surface area contributed by atoms with Crippen LogP contribution in [0, 0.1) is 0 Å². The third-order valence-corrected chi connectivity index (χ3v) is 6.50. The molecule has 4 aromatic rings. The fourth-order valence-corrected chi connectivity index (χ4v) is 4.54. The first-order valence-corrected chi connectivity index (χ1v) is 11.7. The lowest BCUT2D eigenvalue weighted by atomic mass is 9.97. The van der Waals surface area contributed by atoms with E-state index in [1.165, 1.54) is 5.56 Å². The summed E-state index contributed by atoms with van der Waals surface area (Å²) in [4.78, 5) is 26.6. The van der Waals surface area contributed by atoms with E-state index in [4.69, 9.17) is 0 Å². The second-order valence-electron chi connectivity index (χ2n) is 8.15. The lowest BCUT2D eigenvalue weighted by Crippen LogP contribution is -2.24. The number of rotatable bonds is 8. The fourth-order valence-electron chi connectivity index (χ4n) is 3.78. The lowest BCUT2D eigenvalue weighted by Gasteiger charge is -2.12. The van der Waals surface area contributed by atoms with Crippen LogP contribution in [-0.4, -0.2) is 16.0 Å². The summed E-state index contributed by atoms with van der Waals surface area (Å²) in [6.07, 6.45) is 0.958. The van der Waals surface area contributed by atoms with Crippen molar-refractivity contribution in [3.05, 3.63) is 110 Å². The number of H-pyrrole nitrogens is 1. The van der Waals surface area contributed by atoms with Gasteiger partial charge in [-0.25, -0.2) is 0 Å². The molecule has 6 heteroatoms. The van der Waals surface area contributed by atoms with E-state index >= 15 is 0 Å². The van der Waals surface area contributed by atoms with Gasteiger partial charge in [0.2, 0.25) is 11.8 Å². The zero-order chi connectivity index (χ0) is 23.2. The molecule has 0 spiro atoms. The van der Waals surface area contributed by atoms with E-state index in [9.17, 15) is 14.7 Å². The minimum Gasteiger partial charge on any atom is -0.494 e. The summed E-state index contributed by atoms with van der Waals surface area (Å²) in [5.74, 6) is 0.156. The van der Waals surface area contributed by atoms with Crippen LogP contribution >= 0.6 is 11.3 Å². The highest BCUT2D eigenvalue weighted by molar-refractivity contribution is 7.09. The predicted octanol–water partition coefficient (Wildman–Crippen LogP) is 5.21. The second-order valence-corrected chi connectivity index (χ2v) is 9.22. The van der Waals surface area contributed by atoms with Gasteiger partial charge >= 0.3 is 4.87 Å². The number of hydrogen-bond acceptors (Lipinski definition) is 4. The summed E-state index contributed by atoms with van der Waals surface area (Å²) in [6, 6.07) is 26.3. The summed E-state index contributed by atoms with van der Waals surface area (Å²) in [6.45, 7) is 2.55. The third-order valence-electron chi connectivity index (χ3n) is 5.63. The normalized spacial score (nSPS) is 11.8. The van der Waals surface area contributed by atoms with Crippen LogP contribution in [0.5, 0.6) is 5.88 Å². The minimum atomic E-state index is -0.252. The maximum Gasteiger partial charge on any atom is 0.307 e. The first-order valence-electron chi connectivity index (χ1n) is 10.9. The van der Waals surface area contributed by atoms with Crippen molar-refractivity contribution in [3.8, 4) is 17.0 Å². The molecule has 0 fully saturated rings. The molecule has 0 aliphatic heterocycles. The van der Waals surface area contributed by atoms with Crippen LogP contribution in [-0.2, 0) is 17.8 Å². The molecule has 1 unspecified atom stereocenters. The Balaban J connectivity index is 1.36. The highest BCUT2D eigenvalue weighted by Crippen LogP contribution is 2.24. The Bertz CT molecular complexity index is 1280. The van der Waals surface area contributed by atoms with Crippen molar-refractivity contribution in [2.75, 3.05) is 0 Å². The molecule has 0 radical (unpaired) electrons. The van der Waals surface area contributed by atoms with Gasteiger partial charge in [0.25, 0.3) is 0 Å². The highest BCUT2D eigenvalue weighted by Gasteiger charge is 2.11. The van der Waals surface area contributed by atoms with E-state index < -0.39 is 0 Å². The molecule has 0 aliphatic rings. The maximum absolute atomic E-state index is 12.4. The van der Waals surface area contributed by atoms with Crippen molar-refractivity contribution in [3.63, 3.8) is 0 Å². The summed E-state index contributed by atoms with van der Waals surface area (Å²) < 4.78 is 0. The lowest BCUT2D eigenvalue weighted by molar-refractivity contribution is -0.121. The molecule has 1 aromatic heterocycles. The number of benzene rings is 3. The molecule has 0 bridgehead atoms. The molecule has 0 saturated carbocycles. The molecule has 3 aromatic carbocycles. The van der Waals surface area contributed by atoms with E-state index in [0.29, 0.717) is 24.3 Å². The number of aromatic amines is 1. The van der Waals surface area contributed by atoms with Crippen LogP contribution in [0.2, 0.25) is 0 Å². The topological polar surface area (TPSA) is 82.2 Å². The van der Waals surface area contributed by atoms with Crippen molar-refractivity contribution >= 4 is 17.2 Å². The Morgan fingerprint density at radius 2 is 1.73 bits per heavy atom. The molecule has 4 rings (SSSR count). The number of carbonyl (C=O) groups excluding carboxylic acids is 1. The molecule has 3 N–H and O–H groups in total. The molecule has 1 amide bonds. The molecule has 0 saturated heterocycles. The van der Waals surface area contributed by atoms with E-state index in [2.05, 4.69) is 35.4 Å². The van der Waals surface area contributed by atoms with E-state index in [0.717, 1.165) is 33.6 Å². The SMILES string of the molecule is CC(CC(=O)NCc1cccc(-c2ccc(Cc3sc(=O)[nH]c3O)cc2)c1)c1ccccc1. The summed E-state index contributed by atoms with van der Waals surface area (Å²) >= 11 is 1.03. The van der Waals surface area contributed by atoms with Crippen LogP contribution in [0.1, 0.15) is 40.8 Å². The molecular formula is C27H26N2O3S. The largest absolute Gasteiger partial charge is 0.494 e. The molecule has 5 nitrogen and oxygen atoms in total. The smallest absolute Gasteiger partial charge is 0.307 e. The Morgan fingerprint density at radius 1 is 0.970 bits per heavy atom. The van der Waals surface area contributed by atoms with E-state index in [1.54, 1.807) is 0 Å². The molecule has 1 atom stereocenters. The van der Waals surface area contributed by atoms with Gasteiger partial charge in [-0.2, -0.15) is 0 Å². The van der Waals surface area contributed by atoms with Gasteiger partial charge in [0.05, 0.1) is 4.88 Å². The van der Waals surface area contributed by atoms with Crippen molar-refractivity contribution in [1.29, 1.82) is 0 Å². The summed E-state index contributed by atoms with van der Waals surface area (Å²) in [5.41, 5.74) is 5.36. The average molecular weight is 459 g/mol. The van der Waals surface area contributed by atoms with Crippen molar-refractivity contribution < 1.29 is 9.90 Å².